The van der Waals surface area contributed by atoms with Crippen molar-refractivity contribution in [3.8, 4) is 0 Å². The van der Waals surface area contributed by atoms with Crippen molar-refractivity contribution in [2.75, 3.05) is 24.5 Å². The number of fused-ring (bicyclic) bond motifs is 1. The fourth-order valence-electron chi connectivity index (χ4n) is 4.01. The molecule has 1 aromatic carbocycles. The third-order valence-electron chi connectivity index (χ3n) is 5.36. The number of hydrogen-bond acceptors (Lipinski definition) is 2. The zero-order chi connectivity index (χ0) is 14.5. The predicted molar refractivity (Wildman–Crippen MR) is 91.0 cm³/mol. The standard InChI is InChI=1S/C19H30N2/c1-16-8-2-4-11-18(16)20-13-15-21-14-7-6-10-17-9-3-5-12-19(17)21/h3,5,9,12,16,18,20H,2,4,6-8,10-11,13-15H2,1H3. The third kappa shape index (κ3) is 3.79. The topological polar surface area (TPSA) is 15.3 Å². The lowest BCUT2D eigenvalue weighted by Gasteiger charge is -2.31. The van der Waals surface area contributed by atoms with Crippen molar-refractivity contribution in [1.82, 2.24) is 5.32 Å². The second kappa shape index (κ2) is 7.31. The van der Waals surface area contributed by atoms with Crippen LogP contribution in [-0.2, 0) is 6.42 Å². The Bertz CT molecular complexity index is 443. The number of para-hydroxylation sites is 1. The van der Waals surface area contributed by atoms with E-state index in [1.807, 2.05) is 0 Å². The molecule has 2 aliphatic rings. The normalized spacial score (nSPS) is 26.2. The molecule has 2 heteroatoms. The zero-order valence-electron chi connectivity index (χ0n) is 13.5. The summed E-state index contributed by atoms with van der Waals surface area (Å²) in [5, 5.41) is 3.83. The van der Waals surface area contributed by atoms with E-state index in [1.54, 1.807) is 5.56 Å². The van der Waals surface area contributed by atoms with E-state index >= 15 is 0 Å². The van der Waals surface area contributed by atoms with Crippen molar-refractivity contribution in [2.45, 2.75) is 57.9 Å². The molecule has 2 unspecified atom stereocenters. The van der Waals surface area contributed by atoms with E-state index < -0.39 is 0 Å². The van der Waals surface area contributed by atoms with E-state index in [-0.39, 0.29) is 0 Å². The molecule has 1 heterocycles. The quantitative estimate of drug-likeness (QED) is 0.900. The van der Waals surface area contributed by atoms with E-state index in [2.05, 4.69) is 41.4 Å². The number of anilines is 1. The van der Waals surface area contributed by atoms with Gasteiger partial charge < -0.3 is 10.2 Å². The molecule has 1 aliphatic carbocycles. The van der Waals surface area contributed by atoms with Crippen LogP contribution in [0.25, 0.3) is 0 Å². The zero-order valence-corrected chi connectivity index (χ0v) is 13.5. The number of hydrogen-bond donors (Lipinski definition) is 1. The summed E-state index contributed by atoms with van der Waals surface area (Å²) >= 11 is 0. The van der Waals surface area contributed by atoms with Gasteiger partial charge in [-0.2, -0.15) is 0 Å². The lowest BCUT2D eigenvalue weighted by atomic mass is 9.86. The van der Waals surface area contributed by atoms with Crippen LogP contribution in [0.4, 0.5) is 5.69 Å². The molecule has 0 saturated heterocycles. The average Bonchev–Trinajstić information content (AvgIpc) is 2.72. The molecule has 0 bridgehead atoms. The molecule has 0 radical (unpaired) electrons. The first-order chi connectivity index (χ1) is 10.3. The maximum atomic E-state index is 3.83. The molecule has 1 N–H and O–H groups in total. The maximum Gasteiger partial charge on any atom is 0.0399 e. The lowest BCUT2D eigenvalue weighted by Crippen LogP contribution is -2.42. The number of nitrogens with one attached hydrogen (secondary N) is 1. The van der Waals surface area contributed by atoms with Gasteiger partial charge in [-0.1, -0.05) is 38.0 Å². The maximum absolute atomic E-state index is 3.83. The number of nitrogens with zero attached hydrogens (tertiary/aromatic N) is 1. The van der Waals surface area contributed by atoms with E-state index in [0.717, 1.165) is 25.0 Å². The van der Waals surface area contributed by atoms with Crippen LogP contribution in [0.2, 0.25) is 0 Å². The van der Waals surface area contributed by atoms with Crippen LogP contribution in [0.1, 0.15) is 51.0 Å². The van der Waals surface area contributed by atoms with Gasteiger partial charge in [-0.25, -0.2) is 0 Å². The second-order valence-corrected chi connectivity index (χ2v) is 6.90. The first-order valence-electron chi connectivity index (χ1n) is 8.91. The van der Waals surface area contributed by atoms with E-state index in [9.17, 15) is 0 Å². The monoisotopic (exact) mass is 286 g/mol. The van der Waals surface area contributed by atoms with Crippen molar-refractivity contribution in [1.29, 1.82) is 0 Å². The average molecular weight is 286 g/mol. The molecule has 1 fully saturated rings. The summed E-state index contributed by atoms with van der Waals surface area (Å²) in [6.07, 6.45) is 9.53. The molecule has 2 nitrogen and oxygen atoms in total. The summed E-state index contributed by atoms with van der Waals surface area (Å²) in [6.45, 7) is 5.92. The molecular weight excluding hydrogens is 256 g/mol. The molecule has 2 atom stereocenters. The van der Waals surface area contributed by atoms with Gasteiger partial charge in [0, 0.05) is 31.4 Å². The Morgan fingerprint density at radius 2 is 1.95 bits per heavy atom. The summed E-state index contributed by atoms with van der Waals surface area (Å²) in [4.78, 5) is 2.60. The highest BCUT2D eigenvalue weighted by atomic mass is 15.1. The van der Waals surface area contributed by atoms with Gasteiger partial charge in [-0.15, -0.1) is 0 Å². The molecule has 3 rings (SSSR count). The molecule has 1 saturated carbocycles. The third-order valence-corrected chi connectivity index (χ3v) is 5.36. The smallest absolute Gasteiger partial charge is 0.0399 e. The fraction of sp³-hybridized carbons (Fsp3) is 0.684. The van der Waals surface area contributed by atoms with Gasteiger partial charge >= 0.3 is 0 Å². The van der Waals surface area contributed by atoms with Crippen molar-refractivity contribution in [3.05, 3.63) is 29.8 Å². The van der Waals surface area contributed by atoms with Crippen molar-refractivity contribution < 1.29 is 0 Å². The van der Waals surface area contributed by atoms with E-state index in [1.165, 1.54) is 57.2 Å². The van der Waals surface area contributed by atoms with Gasteiger partial charge in [-0.3, -0.25) is 0 Å². The number of aryl methyl sites for hydroxylation is 1. The van der Waals surface area contributed by atoms with Gasteiger partial charge in [0.2, 0.25) is 0 Å². The summed E-state index contributed by atoms with van der Waals surface area (Å²) in [6, 6.07) is 9.74. The predicted octanol–water partition coefficient (Wildman–Crippen LogP) is 4.00. The van der Waals surface area contributed by atoms with Crippen molar-refractivity contribution in [3.63, 3.8) is 0 Å². The highest BCUT2D eigenvalue weighted by molar-refractivity contribution is 5.54. The molecule has 116 valence electrons. The van der Waals surface area contributed by atoms with Crippen LogP contribution in [0.15, 0.2) is 24.3 Å². The molecule has 1 aromatic rings. The summed E-state index contributed by atoms with van der Waals surface area (Å²) < 4.78 is 0. The van der Waals surface area contributed by atoms with E-state index in [4.69, 9.17) is 0 Å². The second-order valence-electron chi connectivity index (χ2n) is 6.90. The van der Waals surface area contributed by atoms with Crippen LogP contribution in [0.5, 0.6) is 0 Å². The molecule has 21 heavy (non-hydrogen) atoms. The van der Waals surface area contributed by atoms with Crippen LogP contribution < -0.4 is 10.2 Å². The summed E-state index contributed by atoms with van der Waals surface area (Å²) in [7, 11) is 0. The summed E-state index contributed by atoms with van der Waals surface area (Å²) in [5.41, 5.74) is 3.02. The van der Waals surface area contributed by atoms with Crippen LogP contribution >= 0.6 is 0 Å². The Labute approximate surface area is 129 Å². The lowest BCUT2D eigenvalue weighted by molar-refractivity contribution is 0.282. The van der Waals surface area contributed by atoms with Crippen LogP contribution in [0, 0.1) is 5.92 Å². The van der Waals surface area contributed by atoms with Gasteiger partial charge in [0.25, 0.3) is 0 Å². The Morgan fingerprint density at radius 3 is 2.86 bits per heavy atom. The van der Waals surface area contributed by atoms with Gasteiger partial charge in [-0.05, 0) is 49.7 Å². The van der Waals surface area contributed by atoms with Crippen LogP contribution in [0.3, 0.4) is 0 Å². The Hall–Kier alpha value is -1.02. The van der Waals surface area contributed by atoms with Gasteiger partial charge in [0.1, 0.15) is 0 Å². The molecular formula is C19H30N2. The van der Waals surface area contributed by atoms with Crippen LogP contribution in [-0.4, -0.2) is 25.7 Å². The highest BCUT2D eigenvalue weighted by Gasteiger charge is 2.21. The minimum absolute atomic E-state index is 0.751. The minimum atomic E-state index is 0.751. The Balaban J connectivity index is 1.55. The highest BCUT2D eigenvalue weighted by Crippen LogP contribution is 2.26. The van der Waals surface area contributed by atoms with Crippen molar-refractivity contribution in [2.24, 2.45) is 5.92 Å². The SMILES string of the molecule is CC1CCCCC1NCCN1CCCCc2ccccc21. The van der Waals surface area contributed by atoms with Gasteiger partial charge in [0.05, 0.1) is 0 Å². The fourth-order valence-corrected chi connectivity index (χ4v) is 4.01. The summed E-state index contributed by atoms with van der Waals surface area (Å²) in [5.74, 6) is 0.857. The molecule has 0 amide bonds. The first-order valence-corrected chi connectivity index (χ1v) is 8.91. The Kier molecular flexibility index (Phi) is 5.18. The Morgan fingerprint density at radius 1 is 1.10 bits per heavy atom. The largest absolute Gasteiger partial charge is 0.370 e. The van der Waals surface area contributed by atoms with Gasteiger partial charge in [0.15, 0.2) is 0 Å². The van der Waals surface area contributed by atoms with Crippen molar-refractivity contribution >= 4 is 5.69 Å². The molecule has 1 aliphatic heterocycles. The molecule has 0 spiro atoms. The number of benzene rings is 1. The number of rotatable bonds is 4. The van der Waals surface area contributed by atoms with E-state index in [0.29, 0.717) is 0 Å². The minimum Gasteiger partial charge on any atom is -0.370 e. The first kappa shape index (κ1) is 14.9. The molecule has 0 aromatic heterocycles.